The number of ether oxygens (including phenoxy) is 2. The largest absolute Gasteiger partial charge is 0.497 e. The highest BCUT2D eigenvalue weighted by molar-refractivity contribution is 8.00. The number of carbonyl (C=O) groups is 1. The monoisotopic (exact) mass is 447 g/mol. The maximum absolute atomic E-state index is 12.8. The Morgan fingerprint density at radius 2 is 2.03 bits per heavy atom. The average Bonchev–Trinajstić information content (AvgIpc) is 3.30. The number of methoxy groups -OCH3 is 1. The van der Waals surface area contributed by atoms with Crippen LogP contribution in [0.15, 0.2) is 36.4 Å². The number of hydroxylamine groups is 1. The van der Waals surface area contributed by atoms with Crippen LogP contribution in [-0.2, 0) is 19.1 Å². The third kappa shape index (κ3) is 5.19. The van der Waals surface area contributed by atoms with E-state index in [1.807, 2.05) is 23.9 Å². The van der Waals surface area contributed by atoms with Gasteiger partial charge in [0.15, 0.2) is 6.29 Å². The van der Waals surface area contributed by atoms with E-state index in [1.54, 1.807) is 18.4 Å². The molecule has 0 radical (unpaired) electrons. The van der Waals surface area contributed by atoms with Gasteiger partial charge in [0.1, 0.15) is 5.75 Å². The zero-order valence-corrected chi connectivity index (χ0v) is 19.0. The van der Waals surface area contributed by atoms with Crippen molar-refractivity contribution >= 4 is 29.0 Å². The van der Waals surface area contributed by atoms with Crippen LogP contribution >= 0.6 is 23.1 Å². The van der Waals surface area contributed by atoms with Gasteiger partial charge in [-0.15, -0.1) is 23.1 Å². The number of carbonyl (C=O) groups excluding carboxylic acids is 1. The molecule has 2 saturated heterocycles. The fourth-order valence-corrected chi connectivity index (χ4v) is 6.89. The van der Waals surface area contributed by atoms with E-state index in [1.165, 1.54) is 21.7 Å². The lowest BCUT2D eigenvalue weighted by Gasteiger charge is -2.35. The molecule has 0 aliphatic carbocycles. The second kappa shape index (κ2) is 10.2. The van der Waals surface area contributed by atoms with E-state index in [0.717, 1.165) is 43.6 Å². The van der Waals surface area contributed by atoms with Crippen molar-refractivity contribution in [2.24, 2.45) is 0 Å². The van der Waals surface area contributed by atoms with Crippen LogP contribution < -0.4 is 10.2 Å². The lowest BCUT2D eigenvalue weighted by molar-refractivity contribution is -0.200. The summed E-state index contributed by atoms with van der Waals surface area (Å²) in [6.45, 7) is 0.698. The van der Waals surface area contributed by atoms with E-state index in [0.29, 0.717) is 13.0 Å². The molecule has 4 rings (SSSR count). The molecular weight excluding hydrogens is 418 g/mol. The number of thiophene rings is 1. The molecule has 2 aromatic rings. The van der Waals surface area contributed by atoms with E-state index in [-0.39, 0.29) is 16.9 Å². The Labute approximate surface area is 186 Å². The van der Waals surface area contributed by atoms with Crippen LogP contribution in [0.1, 0.15) is 49.8 Å². The summed E-state index contributed by atoms with van der Waals surface area (Å²) >= 11 is 3.70. The van der Waals surface area contributed by atoms with Crippen molar-refractivity contribution in [3.05, 3.63) is 41.3 Å². The summed E-state index contributed by atoms with van der Waals surface area (Å²) in [6, 6.07) is 12.5. The Morgan fingerprint density at radius 1 is 1.17 bits per heavy atom. The Kier molecular flexibility index (Phi) is 7.36. The number of thioether (sulfide) groups is 1. The minimum Gasteiger partial charge on any atom is -0.497 e. The van der Waals surface area contributed by atoms with Crippen molar-refractivity contribution < 1.29 is 19.1 Å². The van der Waals surface area contributed by atoms with Crippen molar-refractivity contribution in [1.29, 1.82) is 0 Å². The normalized spacial score (nSPS) is 24.4. The lowest BCUT2D eigenvalue weighted by atomic mass is 9.94. The van der Waals surface area contributed by atoms with Crippen molar-refractivity contribution in [2.45, 2.75) is 56.0 Å². The molecule has 162 valence electrons. The Hall–Kier alpha value is -1.54. The molecule has 30 heavy (non-hydrogen) atoms. The highest BCUT2D eigenvalue weighted by Gasteiger charge is 2.38. The van der Waals surface area contributed by atoms with Gasteiger partial charge in [0.2, 0.25) is 5.91 Å². The van der Waals surface area contributed by atoms with Gasteiger partial charge in [-0.05, 0) is 73.4 Å². The van der Waals surface area contributed by atoms with Gasteiger partial charge in [-0.25, -0.2) is 10.3 Å². The second-order valence-corrected chi connectivity index (χ2v) is 10.4. The van der Waals surface area contributed by atoms with Gasteiger partial charge in [-0.2, -0.15) is 0 Å². The molecule has 3 heterocycles. The van der Waals surface area contributed by atoms with Crippen LogP contribution in [0, 0.1) is 0 Å². The highest BCUT2D eigenvalue weighted by Crippen LogP contribution is 2.50. The van der Waals surface area contributed by atoms with Crippen LogP contribution in [-0.4, -0.2) is 31.7 Å². The molecule has 5 nitrogen and oxygen atoms in total. The van der Waals surface area contributed by atoms with Crippen molar-refractivity contribution in [3.8, 4) is 16.2 Å². The van der Waals surface area contributed by atoms with Gasteiger partial charge in [0.25, 0.3) is 0 Å². The molecule has 0 spiro atoms. The molecule has 2 fully saturated rings. The molecule has 1 unspecified atom stereocenters. The lowest BCUT2D eigenvalue weighted by Crippen LogP contribution is -2.37. The van der Waals surface area contributed by atoms with E-state index in [9.17, 15) is 4.79 Å². The predicted molar refractivity (Wildman–Crippen MR) is 122 cm³/mol. The minimum atomic E-state index is -0.318. The van der Waals surface area contributed by atoms with Crippen LogP contribution in [0.5, 0.6) is 5.75 Å². The van der Waals surface area contributed by atoms with Crippen LogP contribution in [0.25, 0.3) is 10.4 Å². The maximum atomic E-state index is 12.8. The smallest absolute Gasteiger partial charge is 0.245 e. The third-order valence-corrected chi connectivity index (χ3v) is 8.75. The summed E-state index contributed by atoms with van der Waals surface area (Å²) in [5, 5.41) is 0. The molecule has 0 bridgehead atoms. The summed E-state index contributed by atoms with van der Waals surface area (Å²) in [7, 11) is 1.68. The molecule has 1 aromatic heterocycles. The Bertz CT molecular complexity index is 824. The summed E-state index contributed by atoms with van der Waals surface area (Å²) in [5.74, 6) is 1.86. The molecule has 1 amide bonds. The van der Waals surface area contributed by atoms with Crippen molar-refractivity contribution in [3.63, 3.8) is 0 Å². The highest BCUT2D eigenvalue weighted by atomic mass is 32.2. The number of rotatable bonds is 7. The fraction of sp³-hybridized carbons (Fsp3) is 0.522. The number of amides is 1. The van der Waals surface area contributed by atoms with Crippen molar-refractivity contribution in [1.82, 2.24) is 5.48 Å². The zero-order valence-electron chi connectivity index (χ0n) is 17.4. The molecule has 2 aliphatic heterocycles. The van der Waals surface area contributed by atoms with Crippen LogP contribution in [0.2, 0.25) is 0 Å². The molecule has 0 saturated carbocycles. The first-order chi connectivity index (χ1) is 14.7. The Balaban J connectivity index is 1.46. The van der Waals surface area contributed by atoms with Crippen molar-refractivity contribution in [2.75, 3.05) is 19.5 Å². The predicted octanol–water partition coefficient (Wildman–Crippen LogP) is 5.50. The standard InChI is InChI=1S/C23H29NO4S2/c1-26-18-9-7-17(8-10-18)19-11-12-20(30-19)23(13-3-5-15-29-23)16-21(25)24-28-22-6-2-4-14-27-22/h7-12,22H,2-6,13-16H2,1H3,(H,24,25)/t22?,23-/m0/s1. The minimum absolute atomic E-state index is 0.0713. The topological polar surface area (TPSA) is 56.8 Å². The average molecular weight is 448 g/mol. The number of hydrogen-bond donors (Lipinski definition) is 1. The van der Waals surface area contributed by atoms with Gasteiger partial charge in [0, 0.05) is 29.2 Å². The second-order valence-electron chi connectivity index (χ2n) is 7.81. The van der Waals surface area contributed by atoms with Crippen LogP contribution in [0.4, 0.5) is 0 Å². The first-order valence-electron chi connectivity index (χ1n) is 10.6. The number of benzene rings is 1. The molecule has 1 aromatic carbocycles. The summed E-state index contributed by atoms with van der Waals surface area (Å²) in [4.78, 5) is 20.8. The van der Waals surface area contributed by atoms with E-state index in [2.05, 4.69) is 29.7 Å². The quantitative estimate of drug-likeness (QED) is 0.568. The number of nitrogens with one attached hydrogen (secondary N) is 1. The van der Waals surface area contributed by atoms with Gasteiger partial charge in [-0.3, -0.25) is 4.79 Å². The van der Waals surface area contributed by atoms with Crippen LogP contribution in [0.3, 0.4) is 0 Å². The maximum Gasteiger partial charge on any atom is 0.245 e. The summed E-state index contributed by atoms with van der Waals surface area (Å²) in [5.41, 5.74) is 3.83. The third-order valence-electron chi connectivity index (χ3n) is 5.67. The van der Waals surface area contributed by atoms with E-state index in [4.69, 9.17) is 14.3 Å². The van der Waals surface area contributed by atoms with Gasteiger partial charge >= 0.3 is 0 Å². The van der Waals surface area contributed by atoms with Gasteiger partial charge in [0.05, 0.1) is 11.9 Å². The first kappa shape index (κ1) is 21.7. The van der Waals surface area contributed by atoms with Gasteiger partial charge in [-0.1, -0.05) is 6.42 Å². The zero-order chi connectivity index (χ0) is 20.8. The molecule has 2 aliphatic rings. The molecule has 7 heteroatoms. The van der Waals surface area contributed by atoms with Gasteiger partial charge < -0.3 is 9.47 Å². The molecular formula is C23H29NO4S2. The summed E-state index contributed by atoms with van der Waals surface area (Å²) in [6.07, 6.45) is 6.42. The van der Waals surface area contributed by atoms with E-state index < -0.39 is 0 Å². The summed E-state index contributed by atoms with van der Waals surface area (Å²) < 4.78 is 10.6. The van der Waals surface area contributed by atoms with E-state index >= 15 is 0 Å². The molecule has 1 N–H and O–H groups in total. The first-order valence-corrected chi connectivity index (χ1v) is 12.4. The Morgan fingerprint density at radius 3 is 2.73 bits per heavy atom. The number of hydrogen-bond acceptors (Lipinski definition) is 6. The molecule has 2 atom stereocenters. The SMILES string of the molecule is COc1ccc(-c2ccc([C@@]3(CC(=O)NOC4CCCCO4)CCCCS3)s2)cc1. The fourth-order valence-electron chi connectivity index (χ4n) is 4.00.